The highest BCUT2D eigenvalue weighted by Gasteiger charge is 2.17. The molecule has 65 heavy (non-hydrogen) atoms. The predicted octanol–water partition coefficient (Wildman–Crippen LogP) is 17.4. The van der Waals surface area contributed by atoms with Gasteiger partial charge in [0.15, 0.2) is 0 Å². The van der Waals surface area contributed by atoms with Crippen molar-refractivity contribution in [2.24, 2.45) is 0 Å². The first-order valence-corrected chi connectivity index (χ1v) is 28.4. The third-order valence-electron chi connectivity index (χ3n) is 12.8. The zero-order chi connectivity index (χ0) is 47.2. The van der Waals surface area contributed by atoms with E-state index in [-0.39, 0.29) is 18.5 Å². The second-order valence-corrected chi connectivity index (χ2v) is 19.3. The minimum Gasteiger partial charge on any atom is -0.466 e. The molecule has 0 saturated carbocycles. The van der Waals surface area contributed by atoms with Crippen LogP contribution in [0.15, 0.2) is 48.6 Å². The smallest absolute Gasteiger partial charge is 0.305 e. The van der Waals surface area contributed by atoms with Crippen LogP contribution in [0.1, 0.15) is 290 Å². The molecule has 0 aromatic heterocycles. The molecule has 0 spiro atoms. The van der Waals surface area contributed by atoms with Gasteiger partial charge in [0.2, 0.25) is 5.91 Å². The Morgan fingerprint density at radius 1 is 0.431 bits per heavy atom. The third-order valence-corrected chi connectivity index (χ3v) is 12.8. The summed E-state index contributed by atoms with van der Waals surface area (Å²) in [5, 5.41) is 23.0. The number of allylic oxidation sites excluding steroid dienone is 7. The van der Waals surface area contributed by atoms with E-state index in [0.717, 1.165) is 51.4 Å². The fourth-order valence-electron chi connectivity index (χ4n) is 8.44. The molecule has 380 valence electrons. The number of rotatable bonds is 52. The van der Waals surface area contributed by atoms with E-state index >= 15 is 0 Å². The number of hydrogen-bond acceptors (Lipinski definition) is 5. The van der Waals surface area contributed by atoms with Crippen LogP contribution in [-0.2, 0) is 14.3 Å². The van der Waals surface area contributed by atoms with E-state index in [2.05, 4.69) is 49.5 Å². The van der Waals surface area contributed by atoms with Crippen molar-refractivity contribution in [3.63, 3.8) is 0 Å². The summed E-state index contributed by atoms with van der Waals surface area (Å²) in [5.41, 5.74) is 0. The normalized spacial score (nSPS) is 13.0. The van der Waals surface area contributed by atoms with Gasteiger partial charge >= 0.3 is 5.97 Å². The standard InChI is InChI=1S/C59H109NO5/c1-3-5-7-9-11-13-15-17-19-21-23-24-27-31-35-39-43-47-51-57(62)56(55-61)60-58(63)52-48-44-40-36-32-28-26-30-34-38-42-46-50-54-65-59(64)53-49-45-41-37-33-29-25-22-20-18-16-14-12-10-8-6-4-2/h18,20,28,32,40,44,47,51,56-57,61-62H,3-17,19,21-27,29-31,33-39,41-43,45-46,48-50,52-55H2,1-2H3,(H,60,63)/b20-18-,32-28-,44-40-,51-47+. The molecule has 1 amide bonds. The minimum absolute atomic E-state index is 0.0221. The van der Waals surface area contributed by atoms with Crippen LogP contribution in [0.2, 0.25) is 0 Å². The molecule has 0 heterocycles. The summed E-state index contributed by atoms with van der Waals surface area (Å²) in [6.07, 6.45) is 68.5. The van der Waals surface area contributed by atoms with Gasteiger partial charge in [-0.2, -0.15) is 0 Å². The van der Waals surface area contributed by atoms with E-state index in [1.807, 2.05) is 12.2 Å². The average molecular weight is 913 g/mol. The summed E-state index contributed by atoms with van der Waals surface area (Å²) in [4.78, 5) is 24.5. The summed E-state index contributed by atoms with van der Waals surface area (Å²) >= 11 is 0. The van der Waals surface area contributed by atoms with Crippen molar-refractivity contribution in [2.45, 2.75) is 302 Å². The van der Waals surface area contributed by atoms with Gasteiger partial charge in [-0.25, -0.2) is 0 Å². The predicted molar refractivity (Wildman–Crippen MR) is 282 cm³/mol. The Labute approximate surface area is 404 Å². The molecule has 3 N–H and O–H groups in total. The van der Waals surface area contributed by atoms with Gasteiger partial charge in [0.05, 0.1) is 25.4 Å². The zero-order valence-electron chi connectivity index (χ0n) is 43.2. The van der Waals surface area contributed by atoms with E-state index < -0.39 is 12.1 Å². The van der Waals surface area contributed by atoms with Crippen molar-refractivity contribution in [1.29, 1.82) is 0 Å². The maximum absolute atomic E-state index is 12.4. The largest absolute Gasteiger partial charge is 0.466 e. The Morgan fingerprint density at radius 2 is 0.785 bits per heavy atom. The van der Waals surface area contributed by atoms with Crippen molar-refractivity contribution in [3.8, 4) is 0 Å². The molecule has 0 bridgehead atoms. The molecule has 0 aliphatic heterocycles. The summed E-state index contributed by atoms with van der Waals surface area (Å²) in [5.74, 6) is -0.170. The second kappa shape index (κ2) is 54.4. The van der Waals surface area contributed by atoms with Crippen molar-refractivity contribution in [3.05, 3.63) is 48.6 Å². The average Bonchev–Trinajstić information content (AvgIpc) is 3.31. The van der Waals surface area contributed by atoms with Gasteiger partial charge in [-0.05, 0) is 77.0 Å². The zero-order valence-corrected chi connectivity index (χ0v) is 43.2. The molecular weight excluding hydrogens is 803 g/mol. The van der Waals surface area contributed by atoms with Gasteiger partial charge in [-0.1, -0.05) is 249 Å². The lowest BCUT2D eigenvalue weighted by Gasteiger charge is -2.19. The Hall–Kier alpha value is -2.18. The molecule has 0 aromatic rings. The number of amides is 1. The third kappa shape index (κ3) is 51.1. The highest BCUT2D eigenvalue weighted by molar-refractivity contribution is 5.76. The van der Waals surface area contributed by atoms with Crippen LogP contribution in [-0.4, -0.2) is 47.4 Å². The second-order valence-electron chi connectivity index (χ2n) is 19.3. The molecule has 0 rings (SSSR count). The molecule has 6 heteroatoms. The van der Waals surface area contributed by atoms with Gasteiger partial charge in [0.25, 0.3) is 0 Å². The molecule has 0 aromatic carbocycles. The molecular formula is C59H109NO5. The Kier molecular flexibility index (Phi) is 52.6. The van der Waals surface area contributed by atoms with Gasteiger partial charge in [0, 0.05) is 12.8 Å². The summed E-state index contributed by atoms with van der Waals surface area (Å²) in [7, 11) is 0. The van der Waals surface area contributed by atoms with Crippen LogP contribution in [0.3, 0.4) is 0 Å². The van der Waals surface area contributed by atoms with Crippen molar-refractivity contribution < 1.29 is 24.5 Å². The van der Waals surface area contributed by atoms with Crippen LogP contribution < -0.4 is 5.32 Å². The van der Waals surface area contributed by atoms with Crippen molar-refractivity contribution in [1.82, 2.24) is 5.32 Å². The van der Waals surface area contributed by atoms with E-state index in [4.69, 9.17) is 4.74 Å². The number of ether oxygens (including phenoxy) is 1. The number of nitrogens with one attached hydrogen (secondary N) is 1. The molecule has 0 radical (unpaired) electrons. The maximum Gasteiger partial charge on any atom is 0.305 e. The van der Waals surface area contributed by atoms with Crippen LogP contribution in [0.5, 0.6) is 0 Å². The van der Waals surface area contributed by atoms with E-state index in [1.165, 1.54) is 205 Å². The van der Waals surface area contributed by atoms with E-state index in [9.17, 15) is 19.8 Å². The number of unbranched alkanes of at least 4 members (excludes halogenated alkanes) is 35. The Morgan fingerprint density at radius 3 is 1.22 bits per heavy atom. The van der Waals surface area contributed by atoms with E-state index in [0.29, 0.717) is 25.9 Å². The highest BCUT2D eigenvalue weighted by atomic mass is 16.5. The van der Waals surface area contributed by atoms with Crippen LogP contribution in [0.4, 0.5) is 0 Å². The molecule has 2 unspecified atom stereocenters. The number of carbonyl (C=O) groups is 2. The number of carbonyl (C=O) groups excluding carboxylic acids is 2. The first-order valence-electron chi connectivity index (χ1n) is 28.4. The number of hydrogen-bond donors (Lipinski definition) is 3. The maximum atomic E-state index is 12.4. The number of aliphatic hydroxyl groups is 2. The van der Waals surface area contributed by atoms with Gasteiger partial charge in [-0.15, -0.1) is 0 Å². The van der Waals surface area contributed by atoms with Gasteiger partial charge < -0.3 is 20.3 Å². The Bertz CT molecular complexity index is 1100. The Balaban J connectivity index is 3.57. The molecule has 0 aliphatic rings. The van der Waals surface area contributed by atoms with Crippen molar-refractivity contribution >= 4 is 11.9 Å². The van der Waals surface area contributed by atoms with Gasteiger partial charge in [0.1, 0.15) is 0 Å². The highest BCUT2D eigenvalue weighted by Crippen LogP contribution is 2.16. The monoisotopic (exact) mass is 912 g/mol. The fraction of sp³-hybridized carbons (Fsp3) is 0.831. The van der Waals surface area contributed by atoms with E-state index in [1.54, 1.807) is 6.08 Å². The van der Waals surface area contributed by atoms with Crippen LogP contribution in [0.25, 0.3) is 0 Å². The summed E-state index contributed by atoms with van der Waals surface area (Å²) in [6, 6.07) is -0.673. The first kappa shape index (κ1) is 62.8. The molecule has 6 nitrogen and oxygen atoms in total. The lowest BCUT2D eigenvalue weighted by Crippen LogP contribution is -2.45. The molecule has 0 saturated heterocycles. The molecule has 2 atom stereocenters. The summed E-state index contributed by atoms with van der Waals surface area (Å²) in [6.45, 7) is 4.84. The lowest BCUT2D eigenvalue weighted by molar-refractivity contribution is -0.143. The SMILES string of the molecule is CCCCCCCC/C=C\CCCCCCCCCC(=O)OCCCCCCCC/C=C\C/C=C\CCC(=O)NC(CO)C(O)/C=C/CCCCCCCCCCCCCCCCCC. The van der Waals surface area contributed by atoms with Crippen LogP contribution in [0, 0.1) is 0 Å². The molecule has 0 aliphatic carbocycles. The fourth-order valence-corrected chi connectivity index (χ4v) is 8.44. The lowest BCUT2D eigenvalue weighted by atomic mass is 10.0. The quantitative estimate of drug-likeness (QED) is 0.0321. The van der Waals surface area contributed by atoms with Crippen LogP contribution >= 0.6 is 0 Å². The van der Waals surface area contributed by atoms with Crippen molar-refractivity contribution in [2.75, 3.05) is 13.2 Å². The number of esters is 1. The van der Waals surface area contributed by atoms with Gasteiger partial charge in [-0.3, -0.25) is 9.59 Å². The topological polar surface area (TPSA) is 95.9 Å². The minimum atomic E-state index is -0.880. The summed E-state index contributed by atoms with van der Waals surface area (Å²) < 4.78 is 5.46. The first-order chi connectivity index (χ1) is 32.0. The molecule has 0 fully saturated rings. The number of aliphatic hydroxyl groups excluding tert-OH is 2.